The molecule has 0 aromatic carbocycles. The molecule has 0 aliphatic carbocycles. The van der Waals surface area contributed by atoms with E-state index >= 15 is 0 Å². The third-order valence-electron chi connectivity index (χ3n) is 3.94. The quantitative estimate of drug-likeness (QED) is 0.773. The number of hydrogen-bond acceptors (Lipinski definition) is 5. The summed E-state index contributed by atoms with van der Waals surface area (Å²) >= 11 is 1.64. The molecule has 6 heteroatoms. The van der Waals surface area contributed by atoms with E-state index in [0.717, 1.165) is 33.7 Å². The van der Waals surface area contributed by atoms with Crippen molar-refractivity contribution in [1.82, 2.24) is 20.2 Å². The van der Waals surface area contributed by atoms with E-state index in [2.05, 4.69) is 34.4 Å². The Morgan fingerprint density at radius 2 is 2.35 bits per heavy atom. The normalized spacial score (nSPS) is 14.6. The van der Waals surface area contributed by atoms with E-state index in [1.54, 1.807) is 23.7 Å². The molecular formula is C14H19N5S. The average Bonchev–Trinajstić information content (AvgIpc) is 3.14. The van der Waals surface area contributed by atoms with Crippen LogP contribution in [0.5, 0.6) is 0 Å². The molecule has 0 aliphatic rings. The van der Waals surface area contributed by atoms with E-state index in [1.165, 1.54) is 0 Å². The van der Waals surface area contributed by atoms with Gasteiger partial charge in [-0.05, 0) is 12.5 Å². The van der Waals surface area contributed by atoms with Gasteiger partial charge in [-0.1, -0.05) is 13.8 Å². The number of H-pyrrole nitrogens is 1. The van der Waals surface area contributed by atoms with Crippen molar-refractivity contribution in [2.24, 2.45) is 5.73 Å². The summed E-state index contributed by atoms with van der Waals surface area (Å²) in [4.78, 5) is 9.05. The van der Waals surface area contributed by atoms with Crippen LogP contribution in [0.4, 0.5) is 0 Å². The van der Waals surface area contributed by atoms with Crippen molar-refractivity contribution in [1.29, 1.82) is 0 Å². The van der Waals surface area contributed by atoms with E-state index in [4.69, 9.17) is 10.7 Å². The summed E-state index contributed by atoms with van der Waals surface area (Å²) in [6.07, 6.45) is 4.55. The van der Waals surface area contributed by atoms with Crippen molar-refractivity contribution in [2.75, 3.05) is 6.54 Å². The lowest BCUT2D eigenvalue weighted by Crippen LogP contribution is -2.31. The number of fused-ring (bicyclic) bond motifs is 1. The lowest BCUT2D eigenvalue weighted by molar-refractivity contribution is 0.456. The minimum atomic E-state index is -0.0582. The number of aromatic nitrogens is 4. The van der Waals surface area contributed by atoms with Crippen LogP contribution >= 0.6 is 11.3 Å². The lowest BCUT2D eigenvalue weighted by atomic mass is 9.85. The number of nitrogens with zero attached hydrogens (tertiary/aromatic N) is 3. The van der Waals surface area contributed by atoms with Crippen LogP contribution in [0.15, 0.2) is 23.8 Å². The predicted molar refractivity (Wildman–Crippen MR) is 83.8 cm³/mol. The Morgan fingerprint density at radius 3 is 3.10 bits per heavy atom. The van der Waals surface area contributed by atoms with Crippen LogP contribution in [0, 0.1) is 0 Å². The van der Waals surface area contributed by atoms with Gasteiger partial charge in [0.1, 0.15) is 5.01 Å². The minimum Gasteiger partial charge on any atom is -0.330 e. The molecule has 0 saturated heterocycles. The summed E-state index contributed by atoms with van der Waals surface area (Å²) in [5, 5.41) is 11.0. The fourth-order valence-electron chi connectivity index (χ4n) is 2.14. The molecule has 3 N–H and O–H groups in total. The molecule has 5 nitrogen and oxygen atoms in total. The maximum atomic E-state index is 5.91. The van der Waals surface area contributed by atoms with Gasteiger partial charge in [0.15, 0.2) is 5.65 Å². The van der Waals surface area contributed by atoms with Gasteiger partial charge in [0, 0.05) is 35.9 Å². The highest BCUT2D eigenvalue weighted by atomic mass is 32.1. The number of hydrogen-bond donors (Lipinski definition) is 2. The maximum Gasteiger partial charge on any atom is 0.155 e. The van der Waals surface area contributed by atoms with Gasteiger partial charge in [-0.2, -0.15) is 5.10 Å². The van der Waals surface area contributed by atoms with Crippen LogP contribution in [0.3, 0.4) is 0 Å². The number of aromatic amines is 1. The van der Waals surface area contributed by atoms with Gasteiger partial charge in [-0.15, -0.1) is 11.3 Å². The summed E-state index contributed by atoms with van der Waals surface area (Å²) in [6, 6.07) is 1.98. The van der Waals surface area contributed by atoms with Gasteiger partial charge >= 0.3 is 0 Å². The molecule has 1 unspecified atom stereocenters. The van der Waals surface area contributed by atoms with E-state index in [1.807, 2.05) is 6.07 Å². The van der Waals surface area contributed by atoms with Gasteiger partial charge in [0.25, 0.3) is 0 Å². The van der Waals surface area contributed by atoms with E-state index in [-0.39, 0.29) is 6.84 Å². The fourth-order valence-corrected chi connectivity index (χ4v) is 3.16. The molecule has 0 amide bonds. The van der Waals surface area contributed by atoms with Gasteiger partial charge in [-0.3, -0.25) is 5.10 Å². The zero-order valence-electron chi connectivity index (χ0n) is 11.6. The van der Waals surface area contributed by atoms with Crippen molar-refractivity contribution in [3.63, 3.8) is 0 Å². The molecule has 0 saturated carbocycles. The van der Waals surface area contributed by atoms with Crippen LogP contribution in [-0.4, -0.2) is 26.7 Å². The number of rotatable bonds is 4. The highest BCUT2D eigenvalue weighted by Crippen LogP contribution is 2.33. The van der Waals surface area contributed by atoms with Gasteiger partial charge in [0.2, 0.25) is 0 Å². The molecule has 3 aromatic heterocycles. The SMILES string of the molecule is CCC(C)(CN)c1csc(-c2ccnc3[nH]ncc23)n1.[HH]. The monoisotopic (exact) mass is 289 g/mol. The summed E-state index contributed by atoms with van der Waals surface area (Å²) in [5.41, 5.74) is 8.77. The summed E-state index contributed by atoms with van der Waals surface area (Å²) < 4.78 is 0. The number of thiazole rings is 1. The number of nitrogens with two attached hydrogens (primary N) is 1. The van der Waals surface area contributed by atoms with Crippen LogP contribution in [0.25, 0.3) is 21.6 Å². The summed E-state index contributed by atoms with van der Waals surface area (Å²) in [7, 11) is 0. The first kappa shape index (κ1) is 13.2. The molecule has 1 atom stereocenters. The molecule has 0 bridgehead atoms. The Hall–Kier alpha value is -1.79. The molecule has 3 rings (SSSR count). The summed E-state index contributed by atoms with van der Waals surface area (Å²) in [5.74, 6) is 0. The van der Waals surface area contributed by atoms with E-state index in [0.29, 0.717) is 6.54 Å². The van der Waals surface area contributed by atoms with Crippen molar-refractivity contribution < 1.29 is 1.43 Å². The first-order valence-corrected chi connectivity index (χ1v) is 7.50. The zero-order valence-corrected chi connectivity index (χ0v) is 12.4. The lowest BCUT2D eigenvalue weighted by Gasteiger charge is -2.23. The third-order valence-corrected chi connectivity index (χ3v) is 4.81. The highest BCUT2D eigenvalue weighted by molar-refractivity contribution is 7.13. The van der Waals surface area contributed by atoms with E-state index in [9.17, 15) is 0 Å². The Morgan fingerprint density at radius 1 is 1.50 bits per heavy atom. The zero-order chi connectivity index (χ0) is 14.2. The van der Waals surface area contributed by atoms with Crippen LogP contribution in [0.2, 0.25) is 0 Å². The molecule has 0 fully saturated rings. The second-order valence-electron chi connectivity index (χ2n) is 5.15. The molecular weight excluding hydrogens is 270 g/mol. The predicted octanol–water partition coefficient (Wildman–Crippen LogP) is 2.95. The summed E-state index contributed by atoms with van der Waals surface area (Å²) in [6.45, 7) is 4.91. The van der Waals surface area contributed by atoms with Crippen molar-refractivity contribution in [3.05, 3.63) is 29.5 Å². The molecule has 0 aliphatic heterocycles. The highest BCUT2D eigenvalue weighted by Gasteiger charge is 2.26. The van der Waals surface area contributed by atoms with Crippen LogP contribution < -0.4 is 5.73 Å². The first-order chi connectivity index (χ1) is 9.68. The third kappa shape index (κ3) is 2.01. The Balaban J connectivity index is 0.00000161. The Bertz CT molecular complexity index is 732. The first-order valence-electron chi connectivity index (χ1n) is 6.62. The van der Waals surface area contributed by atoms with Crippen molar-refractivity contribution >= 4 is 22.4 Å². The van der Waals surface area contributed by atoms with Gasteiger partial charge in [-0.25, -0.2) is 9.97 Å². The fraction of sp³-hybridized carbons (Fsp3) is 0.357. The number of pyridine rings is 1. The largest absolute Gasteiger partial charge is 0.330 e. The van der Waals surface area contributed by atoms with Crippen LogP contribution in [0.1, 0.15) is 27.4 Å². The van der Waals surface area contributed by atoms with Crippen molar-refractivity contribution in [2.45, 2.75) is 25.7 Å². The maximum absolute atomic E-state index is 5.91. The average molecular weight is 289 g/mol. The topological polar surface area (TPSA) is 80.5 Å². The molecule has 0 radical (unpaired) electrons. The number of nitrogens with one attached hydrogen (secondary N) is 1. The molecule has 20 heavy (non-hydrogen) atoms. The van der Waals surface area contributed by atoms with E-state index < -0.39 is 0 Å². The molecule has 0 spiro atoms. The standard InChI is InChI=1S/C14H17N5S.H2/c1-3-14(2,8-15)11-7-20-13(18-11)9-4-5-16-12-10(9)6-17-19-12;/h4-7H,3,8,15H2,1-2H3,(H,16,17,19);1H. The van der Waals surface area contributed by atoms with Crippen LogP contribution in [-0.2, 0) is 5.41 Å². The molecule has 3 aromatic rings. The Labute approximate surface area is 122 Å². The van der Waals surface area contributed by atoms with Crippen molar-refractivity contribution in [3.8, 4) is 10.6 Å². The van der Waals surface area contributed by atoms with Gasteiger partial charge < -0.3 is 5.73 Å². The minimum absolute atomic E-state index is 0. The smallest absolute Gasteiger partial charge is 0.155 e. The second-order valence-corrected chi connectivity index (χ2v) is 6.01. The molecule has 3 heterocycles. The van der Waals surface area contributed by atoms with Gasteiger partial charge in [0.05, 0.1) is 11.9 Å². The molecule has 106 valence electrons. The Kier molecular flexibility index (Phi) is 3.27. The second kappa shape index (κ2) is 4.96.